The third kappa shape index (κ3) is 3.06. The normalized spacial score (nSPS) is 12.4. The Morgan fingerprint density at radius 3 is 2.84 bits per heavy atom. The number of rotatable bonds is 4. The van der Waals surface area contributed by atoms with Crippen LogP contribution in [0.1, 0.15) is 17.2 Å². The summed E-state index contributed by atoms with van der Waals surface area (Å²) in [5, 5.41) is 6.39. The fourth-order valence-corrected chi connectivity index (χ4v) is 2.51. The summed E-state index contributed by atoms with van der Waals surface area (Å²) >= 11 is 0. The molecular formula is C17H15N3O5. The predicted octanol–water partition coefficient (Wildman–Crippen LogP) is 2.86. The lowest BCUT2D eigenvalue weighted by Gasteiger charge is -1.99. The standard InChI is InChI=1S/C17H15N3O5/c1-9-5-15(20-25-9)19-16(21)7-12-10(2)24-17(18-12)11-3-4-13-14(6-11)23-8-22-13/h3-6H,7-8H2,1-2H3,(H,19,20,21). The number of hydrogen-bond donors (Lipinski definition) is 1. The van der Waals surface area contributed by atoms with E-state index in [-0.39, 0.29) is 19.1 Å². The second kappa shape index (κ2) is 5.97. The first-order valence-corrected chi connectivity index (χ1v) is 7.68. The van der Waals surface area contributed by atoms with Crippen molar-refractivity contribution in [3.63, 3.8) is 0 Å². The van der Waals surface area contributed by atoms with Crippen molar-refractivity contribution in [3.8, 4) is 23.0 Å². The van der Waals surface area contributed by atoms with Gasteiger partial charge in [0, 0.05) is 11.6 Å². The van der Waals surface area contributed by atoms with Gasteiger partial charge in [-0.15, -0.1) is 0 Å². The number of aryl methyl sites for hydroxylation is 2. The van der Waals surface area contributed by atoms with Crippen LogP contribution in [-0.2, 0) is 11.2 Å². The molecule has 1 N–H and O–H groups in total. The molecule has 25 heavy (non-hydrogen) atoms. The zero-order valence-electron chi connectivity index (χ0n) is 13.7. The topological polar surface area (TPSA) is 99.6 Å². The van der Waals surface area contributed by atoms with Crippen molar-refractivity contribution in [2.24, 2.45) is 0 Å². The molecule has 0 unspecified atom stereocenters. The van der Waals surface area contributed by atoms with Crippen LogP contribution in [0, 0.1) is 13.8 Å². The van der Waals surface area contributed by atoms with E-state index < -0.39 is 0 Å². The SMILES string of the molecule is Cc1cc(NC(=O)Cc2nc(-c3ccc4c(c3)OCO4)oc2C)no1. The van der Waals surface area contributed by atoms with Crippen LogP contribution in [0.2, 0.25) is 0 Å². The fraction of sp³-hybridized carbons (Fsp3) is 0.235. The third-order valence-corrected chi connectivity index (χ3v) is 3.74. The molecule has 1 amide bonds. The molecule has 3 heterocycles. The molecule has 0 spiro atoms. The van der Waals surface area contributed by atoms with Crippen LogP contribution in [0.3, 0.4) is 0 Å². The molecule has 0 fully saturated rings. The Morgan fingerprint density at radius 2 is 2.04 bits per heavy atom. The van der Waals surface area contributed by atoms with Gasteiger partial charge in [0.15, 0.2) is 17.3 Å². The van der Waals surface area contributed by atoms with E-state index in [2.05, 4.69) is 15.5 Å². The summed E-state index contributed by atoms with van der Waals surface area (Å²) in [6, 6.07) is 7.08. The molecule has 0 aliphatic carbocycles. The maximum absolute atomic E-state index is 12.1. The molecule has 1 aromatic carbocycles. The van der Waals surface area contributed by atoms with Gasteiger partial charge in [-0.05, 0) is 32.0 Å². The molecule has 0 radical (unpaired) electrons. The minimum absolute atomic E-state index is 0.0752. The molecule has 4 rings (SSSR count). The van der Waals surface area contributed by atoms with Crippen LogP contribution >= 0.6 is 0 Å². The Labute approximate surface area is 142 Å². The zero-order valence-corrected chi connectivity index (χ0v) is 13.7. The number of benzene rings is 1. The summed E-state index contributed by atoms with van der Waals surface area (Å²) in [5.74, 6) is 3.10. The van der Waals surface area contributed by atoms with Gasteiger partial charge in [0.05, 0.1) is 12.1 Å². The molecule has 1 aliphatic rings. The highest BCUT2D eigenvalue weighted by Crippen LogP contribution is 2.36. The number of amides is 1. The number of carbonyl (C=O) groups excluding carboxylic acids is 1. The molecule has 128 valence electrons. The lowest BCUT2D eigenvalue weighted by Crippen LogP contribution is -2.15. The summed E-state index contributed by atoms with van der Waals surface area (Å²) in [7, 11) is 0. The van der Waals surface area contributed by atoms with E-state index in [0.29, 0.717) is 40.4 Å². The second-order valence-electron chi connectivity index (χ2n) is 5.64. The highest BCUT2D eigenvalue weighted by atomic mass is 16.7. The highest BCUT2D eigenvalue weighted by molar-refractivity contribution is 5.91. The van der Waals surface area contributed by atoms with E-state index >= 15 is 0 Å². The van der Waals surface area contributed by atoms with Crippen molar-refractivity contribution >= 4 is 11.7 Å². The summed E-state index contributed by atoms with van der Waals surface area (Å²) in [6.45, 7) is 3.73. The number of aromatic nitrogens is 2. The zero-order chi connectivity index (χ0) is 17.4. The predicted molar refractivity (Wildman–Crippen MR) is 86.4 cm³/mol. The van der Waals surface area contributed by atoms with Crippen molar-refractivity contribution in [3.05, 3.63) is 41.5 Å². The molecule has 0 saturated carbocycles. The van der Waals surface area contributed by atoms with Crippen LogP contribution in [0.4, 0.5) is 5.82 Å². The molecule has 0 bridgehead atoms. The average Bonchev–Trinajstić information content (AvgIpc) is 3.28. The number of fused-ring (bicyclic) bond motifs is 1. The smallest absolute Gasteiger partial charge is 0.231 e. The van der Waals surface area contributed by atoms with Crippen molar-refractivity contribution < 1.29 is 23.2 Å². The molecule has 3 aromatic rings. The average molecular weight is 341 g/mol. The van der Waals surface area contributed by atoms with Gasteiger partial charge in [0.1, 0.15) is 11.5 Å². The number of carbonyl (C=O) groups is 1. The van der Waals surface area contributed by atoms with Crippen LogP contribution in [0.15, 0.2) is 33.2 Å². The van der Waals surface area contributed by atoms with Gasteiger partial charge < -0.3 is 23.7 Å². The molecule has 8 heteroatoms. The van der Waals surface area contributed by atoms with Crippen LogP contribution < -0.4 is 14.8 Å². The van der Waals surface area contributed by atoms with Crippen molar-refractivity contribution in [2.45, 2.75) is 20.3 Å². The maximum Gasteiger partial charge on any atom is 0.231 e. The molecular weight excluding hydrogens is 326 g/mol. The van der Waals surface area contributed by atoms with Crippen LogP contribution in [0.5, 0.6) is 11.5 Å². The van der Waals surface area contributed by atoms with E-state index in [1.54, 1.807) is 32.0 Å². The Kier molecular flexibility index (Phi) is 3.64. The van der Waals surface area contributed by atoms with Crippen LogP contribution in [-0.4, -0.2) is 22.8 Å². The van der Waals surface area contributed by atoms with Gasteiger partial charge in [0.25, 0.3) is 0 Å². The van der Waals surface area contributed by atoms with E-state index in [0.717, 1.165) is 5.56 Å². The van der Waals surface area contributed by atoms with E-state index in [1.807, 2.05) is 6.07 Å². The van der Waals surface area contributed by atoms with Gasteiger partial charge in [-0.25, -0.2) is 4.98 Å². The van der Waals surface area contributed by atoms with Crippen molar-refractivity contribution in [1.29, 1.82) is 0 Å². The van der Waals surface area contributed by atoms with Gasteiger partial charge in [-0.2, -0.15) is 0 Å². The highest BCUT2D eigenvalue weighted by Gasteiger charge is 2.19. The van der Waals surface area contributed by atoms with Crippen molar-refractivity contribution in [1.82, 2.24) is 10.1 Å². The molecule has 0 atom stereocenters. The van der Waals surface area contributed by atoms with E-state index in [1.165, 1.54) is 0 Å². The lowest BCUT2D eigenvalue weighted by atomic mass is 10.2. The number of oxazole rings is 1. The monoisotopic (exact) mass is 341 g/mol. The van der Waals surface area contributed by atoms with Crippen LogP contribution in [0.25, 0.3) is 11.5 Å². The Hall–Kier alpha value is -3.29. The lowest BCUT2D eigenvalue weighted by molar-refractivity contribution is -0.115. The summed E-state index contributed by atoms with van der Waals surface area (Å²) in [5.41, 5.74) is 1.32. The molecule has 1 aliphatic heterocycles. The van der Waals surface area contributed by atoms with Gasteiger partial charge >= 0.3 is 0 Å². The summed E-state index contributed by atoms with van der Waals surface area (Å²) in [4.78, 5) is 16.6. The first-order valence-electron chi connectivity index (χ1n) is 7.68. The Morgan fingerprint density at radius 1 is 1.20 bits per heavy atom. The molecule has 2 aromatic heterocycles. The minimum atomic E-state index is -0.248. The third-order valence-electron chi connectivity index (χ3n) is 3.74. The Balaban J connectivity index is 1.51. The van der Waals surface area contributed by atoms with Gasteiger partial charge in [-0.3, -0.25) is 4.79 Å². The number of anilines is 1. The maximum atomic E-state index is 12.1. The van der Waals surface area contributed by atoms with Crippen molar-refractivity contribution in [2.75, 3.05) is 12.1 Å². The largest absolute Gasteiger partial charge is 0.454 e. The number of nitrogens with one attached hydrogen (secondary N) is 1. The number of nitrogens with zero attached hydrogens (tertiary/aromatic N) is 2. The first-order chi connectivity index (χ1) is 12.1. The van der Waals surface area contributed by atoms with Gasteiger partial charge in [0.2, 0.25) is 18.6 Å². The van der Waals surface area contributed by atoms with Gasteiger partial charge in [-0.1, -0.05) is 5.16 Å². The fourth-order valence-electron chi connectivity index (χ4n) is 2.51. The summed E-state index contributed by atoms with van der Waals surface area (Å²) < 4.78 is 21.3. The molecule has 8 nitrogen and oxygen atoms in total. The van der Waals surface area contributed by atoms with E-state index in [9.17, 15) is 4.79 Å². The first kappa shape index (κ1) is 15.3. The Bertz CT molecular complexity index is 944. The molecule has 0 saturated heterocycles. The van der Waals surface area contributed by atoms with E-state index in [4.69, 9.17) is 18.4 Å². The minimum Gasteiger partial charge on any atom is -0.454 e. The summed E-state index contributed by atoms with van der Waals surface area (Å²) in [6.07, 6.45) is 0.0752. The quantitative estimate of drug-likeness (QED) is 0.779. The second-order valence-corrected chi connectivity index (χ2v) is 5.64. The number of ether oxygens (including phenoxy) is 2. The number of hydrogen-bond acceptors (Lipinski definition) is 7.